The summed E-state index contributed by atoms with van der Waals surface area (Å²) in [5, 5.41) is 13.7. The minimum absolute atomic E-state index is 0.349. The molecule has 0 spiro atoms. The van der Waals surface area contributed by atoms with E-state index in [4.69, 9.17) is 0 Å². The average Bonchev–Trinajstić information content (AvgIpc) is 2.90. The van der Waals surface area contributed by atoms with Crippen LogP contribution >= 0.6 is 0 Å². The SMILES string of the molecule is CCC(NC1CCc2c(O)cccc21)c1ccccc1. The summed E-state index contributed by atoms with van der Waals surface area (Å²) in [6.45, 7) is 2.21. The van der Waals surface area contributed by atoms with Gasteiger partial charge in [-0.15, -0.1) is 0 Å². The van der Waals surface area contributed by atoms with Crippen LogP contribution in [0.25, 0.3) is 0 Å². The molecule has 2 unspecified atom stereocenters. The van der Waals surface area contributed by atoms with Crippen molar-refractivity contribution in [1.29, 1.82) is 0 Å². The van der Waals surface area contributed by atoms with Crippen molar-refractivity contribution in [3.05, 3.63) is 65.2 Å². The van der Waals surface area contributed by atoms with Crippen LogP contribution in [0.15, 0.2) is 48.5 Å². The first-order valence-corrected chi connectivity index (χ1v) is 7.41. The van der Waals surface area contributed by atoms with Crippen molar-refractivity contribution in [2.75, 3.05) is 0 Å². The van der Waals surface area contributed by atoms with Gasteiger partial charge in [0.2, 0.25) is 0 Å². The number of hydrogen-bond acceptors (Lipinski definition) is 2. The van der Waals surface area contributed by atoms with Crippen molar-refractivity contribution < 1.29 is 5.11 Å². The zero-order chi connectivity index (χ0) is 13.9. The maximum absolute atomic E-state index is 9.93. The maximum Gasteiger partial charge on any atom is 0.119 e. The van der Waals surface area contributed by atoms with Gasteiger partial charge in [0.15, 0.2) is 0 Å². The molecule has 0 aliphatic heterocycles. The number of phenols is 1. The average molecular weight is 267 g/mol. The molecular formula is C18H21NO. The van der Waals surface area contributed by atoms with Gasteiger partial charge in [-0.25, -0.2) is 0 Å². The number of aromatic hydroxyl groups is 1. The van der Waals surface area contributed by atoms with Crippen LogP contribution < -0.4 is 5.32 Å². The van der Waals surface area contributed by atoms with Crippen LogP contribution in [0.1, 0.15) is 48.5 Å². The van der Waals surface area contributed by atoms with E-state index in [1.165, 1.54) is 11.1 Å². The Morgan fingerprint density at radius 3 is 2.70 bits per heavy atom. The Hall–Kier alpha value is -1.80. The Morgan fingerprint density at radius 1 is 1.15 bits per heavy atom. The van der Waals surface area contributed by atoms with Crippen molar-refractivity contribution in [2.24, 2.45) is 0 Å². The summed E-state index contributed by atoms with van der Waals surface area (Å²) in [6, 6.07) is 17.2. The number of benzene rings is 2. The van der Waals surface area contributed by atoms with Crippen molar-refractivity contribution in [3.63, 3.8) is 0 Å². The van der Waals surface area contributed by atoms with Gasteiger partial charge in [0.1, 0.15) is 5.75 Å². The molecule has 2 nitrogen and oxygen atoms in total. The molecule has 0 heterocycles. The van der Waals surface area contributed by atoms with Crippen LogP contribution in [-0.4, -0.2) is 5.11 Å². The Kier molecular flexibility index (Phi) is 3.75. The quantitative estimate of drug-likeness (QED) is 0.873. The molecule has 0 amide bonds. The van der Waals surface area contributed by atoms with Gasteiger partial charge < -0.3 is 10.4 Å². The molecule has 0 saturated carbocycles. The molecule has 2 N–H and O–H groups in total. The lowest BCUT2D eigenvalue weighted by atomic mass is 10.0. The zero-order valence-electron chi connectivity index (χ0n) is 11.8. The van der Waals surface area contributed by atoms with Crippen molar-refractivity contribution in [2.45, 2.75) is 38.3 Å². The molecule has 0 aromatic heterocycles. The molecule has 2 aromatic carbocycles. The monoisotopic (exact) mass is 267 g/mol. The first-order valence-electron chi connectivity index (χ1n) is 7.41. The van der Waals surface area contributed by atoms with E-state index in [1.807, 2.05) is 6.07 Å². The number of fused-ring (bicyclic) bond motifs is 1. The Bertz CT molecular complexity index is 579. The fraction of sp³-hybridized carbons (Fsp3) is 0.333. The van der Waals surface area contributed by atoms with Crippen LogP contribution in [0.2, 0.25) is 0 Å². The van der Waals surface area contributed by atoms with Gasteiger partial charge in [-0.05, 0) is 42.0 Å². The summed E-state index contributed by atoms with van der Waals surface area (Å²) in [5.74, 6) is 0.444. The largest absolute Gasteiger partial charge is 0.508 e. The molecule has 104 valence electrons. The minimum Gasteiger partial charge on any atom is -0.508 e. The van der Waals surface area contributed by atoms with E-state index in [0.717, 1.165) is 24.8 Å². The van der Waals surface area contributed by atoms with Crippen molar-refractivity contribution in [3.8, 4) is 5.75 Å². The first-order chi connectivity index (χ1) is 9.79. The van der Waals surface area contributed by atoms with Crippen LogP contribution in [-0.2, 0) is 6.42 Å². The van der Waals surface area contributed by atoms with Gasteiger partial charge >= 0.3 is 0 Å². The van der Waals surface area contributed by atoms with Gasteiger partial charge in [0.05, 0.1) is 0 Å². The van der Waals surface area contributed by atoms with E-state index in [1.54, 1.807) is 6.07 Å². The number of nitrogens with one attached hydrogen (secondary N) is 1. The second kappa shape index (κ2) is 5.68. The highest BCUT2D eigenvalue weighted by atomic mass is 16.3. The molecule has 1 aliphatic carbocycles. The van der Waals surface area contributed by atoms with Crippen LogP contribution in [0.4, 0.5) is 0 Å². The third kappa shape index (κ3) is 2.44. The van der Waals surface area contributed by atoms with Gasteiger partial charge in [0.25, 0.3) is 0 Å². The second-order valence-electron chi connectivity index (χ2n) is 5.47. The van der Waals surface area contributed by atoms with E-state index >= 15 is 0 Å². The van der Waals surface area contributed by atoms with Crippen LogP contribution in [0.5, 0.6) is 5.75 Å². The molecule has 0 fully saturated rings. The molecule has 0 radical (unpaired) electrons. The lowest BCUT2D eigenvalue weighted by Gasteiger charge is -2.23. The highest BCUT2D eigenvalue weighted by molar-refractivity contribution is 5.44. The summed E-state index contributed by atoms with van der Waals surface area (Å²) in [4.78, 5) is 0. The molecule has 20 heavy (non-hydrogen) atoms. The lowest BCUT2D eigenvalue weighted by molar-refractivity contribution is 0.433. The van der Waals surface area contributed by atoms with Crippen molar-refractivity contribution >= 4 is 0 Å². The van der Waals surface area contributed by atoms with Crippen molar-refractivity contribution in [1.82, 2.24) is 5.32 Å². The fourth-order valence-corrected chi connectivity index (χ4v) is 3.19. The second-order valence-corrected chi connectivity index (χ2v) is 5.47. The lowest BCUT2D eigenvalue weighted by Crippen LogP contribution is -2.24. The molecule has 0 bridgehead atoms. The standard InChI is InChI=1S/C18H21NO/c1-2-16(13-7-4-3-5-8-13)19-17-12-11-15-14(17)9-6-10-18(15)20/h3-10,16-17,19-20H,2,11-12H2,1H3. The van der Waals surface area contributed by atoms with Crippen LogP contribution in [0, 0.1) is 0 Å². The first kappa shape index (κ1) is 13.2. The Labute approximate surface area is 120 Å². The Balaban J connectivity index is 1.81. The number of rotatable bonds is 4. The summed E-state index contributed by atoms with van der Waals surface area (Å²) < 4.78 is 0. The topological polar surface area (TPSA) is 32.3 Å². The Morgan fingerprint density at radius 2 is 1.95 bits per heavy atom. The van der Waals surface area contributed by atoms with E-state index in [2.05, 4.69) is 48.6 Å². The third-order valence-electron chi connectivity index (χ3n) is 4.26. The molecule has 2 atom stereocenters. The normalized spacial score (nSPS) is 18.8. The molecule has 2 heteroatoms. The van der Waals surface area contributed by atoms with Gasteiger partial charge in [-0.1, -0.05) is 49.4 Å². The van der Waals surface area contributed by atoms with Gasteiger partial charge in [0, 0.05) is 12.1 Å². The third-order valence-corrected chi connectivity index (χ3v) is 4.26. The number of phenolic OH excluding ortho intramolecular Hbond substituents is 1. The molecule has 1 aliphatic rings. The predicted molar refractivity (Wildman–Crippen MR) is 81.8 cm³/mol. The molecular weight excluding hydrogens is 246 g/mol. The zero-order valence-corrected chi connectivity index (χ0v) is 11.8. The van der Waals surface area contributed by atoms with Crippen LogP contribution in [0.3, 0.4) is 0 Å². The summed E-state index contributed by atoms with van der Waals surface area (Å²) in [7, 11) is 0. The molecule has 0 saturated heterocycles. The van der Waals surface area contributed by atoms with E-state index < -0.39 is 0 Å². The van der Waals surface area contributed by atoms with E-state index in [0.29, 0.717) is 17.8 Å². The van der Waals surface area contributed by atoms with Gasteiger partial charge in [-0.3, -0.25) is 0 Å². The smallest absolute Gasteiger partial charge is 0.119 e. The minimum atomic E-state index is 0.349. The molecule has 2 aromatic rings. The highest BCUT2D eigenvalue weighted by Gasteiger charge is 2.26. The van der Waals surface area contributed by atoms with E-state index in [-0.39, 0.29) is 0 Å². The van der Waals surface area contributed by atoms with Gasteiger partial charge in [-0.2, -0.15) is 0 Å². The fourth-order valence-electron chi connectivity index (χ4n) is 3.19. The molecule has 3 rings (SSSR count). The number of hydrogen-bond donors (Lipinski definition) is 2. The summed E-state index contributed by atoms with van der Waals surface area (Å²) in [6.07, 6.45) is 3.09. The highest BCUT2D eigenvalue weighted by Crippen LogP contribution is 2.37. The summed E-state index contributed by atoms with van der Waals surface area (Å²) >= 11 is 0. The predicted octanol–water partition coefficient (Wildman–Crippen LogP) is 4.12. The maximum atomic E-state index is 9.93. The summed E-state index contributed by atoms with van der Waals surface area (Å²) in [5.41, 5.74) is 3.72. The van der Waals surface area contributed by atoms with E-state index in [9.17, 15) is 5.11 Å².